The molecule has 0 saturated carbocycles. The maximum absolute atomic E-state index is 14.0. The van der Waals surface area contributed by atoms with Crippen molar-refractivity contribution >= 4 is 16.6 Å². The van der Waals surface area contributed by atoms with Gasteiger partial charge in [-0.3, -0.25) is 4.21 Å². The molecule has 1 atom stereocenters. The van der Waals surface area contributed by atoms with Crippen LogP contribution in [0.1, 0.15) is 18.1 Å². The summed E-state index contributed by atoms with van der Waals surface area (Å²) >= 11 is 0. The predicted molar refractivity (Wildman–Crippen MR) is 74.2 cm³/mol. The van der Waals surface area contributed by atoms with E-state index >= 15 is 0 Å². The zero-order chi connectivity index (χ0) is 14.3. The Hall–Kier alpha value is -1.47. The third kappa shape index (κ3) is 4.60. The van der Waals surface area contributed by atoms with Crippen LogP contribution in [0.4, 0.5) is 4.39 Å². The molecule has 106 valence electrons. The smallest absolute Gasteiger partial charge is 0.173 e. The summed E-state index contributed by atoms with van der Waals surface area (Å²) in [5.74, 6) is 0.390. The summed E-state index contributed by atoms with van der Waals surface area (Å²) in [4.78, 5) is 0. The fourth-order valence-electron chi connectivity index (χ4n) is 1.52. The zero-order valence-corrected chi connectivity index (χ0v) is 11.5. The van der Waals surface area contributed by atoms with Crippen LogP contribution in [0.25, 0.3) is 0 Å². The molecule has 0 aliphatic heterocycles. The van der Waals surface area contributed by atoms with E-state index in [-0.39, 0.29) is 11.4 Å². The van der Waals surface area contributed by atoms with Crippen LogP contribution in [0.3, 0.4) is 0 Å². The first-order chi connectivity index (χ1) is 9.10. The number of nitrogens with zero attached hydrogens (tertiary/aromatic N) is 1. The quantitative estimate of drug-likeness (QED) is 0.227. The maximum atomic E-state index is 14.0. The average Bonchev–Trinajstić information content (AvgIpc) is 2.43. The molecular formula is C12H18FN3O2S. The Bertz CT molecular complexity index is 480. The topological polar surface area (TPSA) is 87.7 Å². The number of benzene rings is 1. The number of nitrogens with one attached hydrogen (secondary N) is 1. The fraction of sp³-hybridized carbons (Fsp3) is 0.417. The van der Waals surface area contributed by atoms with E-state index in [2.05, 4.69) is 10.5 Å². The van der Waals surface area contributed by atoms with Crippen molar-refractivity contribution in [2.24, 2.45) is 10.9 Å². The van der Waals surface area contributed by atoms with E-state index in [1.54, 1.807) is 12.1 Å². The molecule has 1 aromatic rings. The molecule has 19 heavy (non-hydrogen) atoms. The Morgan fingerprint density at radius 3 is 2.95 bits per heavy atom. The van der Waals surface area contributed by atoms with Gasteiger partial charge in [0.05, 0.1) is 5.56 Å². The number of oxime groups is 1. The molecule has 0 spiro atoms. The largest absolute Gasteiger partial charge is 0.409 e. The van der Waals surface area contributed by atoms with Gasteiger partial charge < -0.3 is 16.3 Å². The van der Waals surface area contributed by atoms with Crippen LogP contribution in [0.15, 0.2) is 23.4 Å². The number of amidine groups is 1. The number of rotatable bonds is 7. The number of hydrogen-bond donors (Lipinski definition) is 3. The van der Waals surface area contributed by atoms with Crippen molar-refractivity contribution in [3.8, 4) is 0 Å². The van der Waals surface area contributed by atoms with Crippen molar-refractivity contribution in [3.05, 3.63) is 35.1 Å². The van der Waals surface area contributed by atoms with E-state index in [4.69, 9.17) is 10.9 Å². The van der Waals surface area contributed by atoms with Gasteiger partial charge in [-0.2, -0.15) is 0 Å². The number of halogens is 1. The lowest BCUT2D eigenvalue weighted by Gasteiger charge is -2.08. The Morgan fingerprint density at radius 1 is 1.58 bits per heavy atom. The number of nitrogens with two attached hydrogens (primary N) is 1. The summed E-state index contributed by atoms with van der Waals surface area (Å²) in [5.41, 5.74) is 5.87. The molecule has 0 heterocycles. The second-order valence-corrected chi connectivity index (χ2v) is 5.74. The SMILES string of the molecule is CCS(=O)CCNCc1cccc(/C(N)=N/O)c1F. The van der Waals surface area contributed by atoms with Crippen LogP contribution < -0.4 is 11.1 Å². The van der Waals surface area contributed by atoms with Gasteiger partial charge >= 0.3 is 0 Å². The van der Waals surface area contributed by atoms with Gasteiger partial charge in [-0.25, -0.2) is 4.39 Å². The minimum atomic E-state index is -0.832. The predicted octanol–water partition coefficient (Wildman–Crippen LogP) is 0.778. The highest BCUT2D eigenvalue weighted by Gasteiger charge is 2.11. The Balaban J connectivity index is 2.62. The first-order valence-corrected chi connectivity index (χ1v) is 7.40. The highest BCUT2D eigenvalue weighted by atomic mass is 32.2. The first kappa shape index (κ1) is 15.6. The summed E-state index contributed by atoms with van der Waals surface area (Å²) in [6.45, 7) is 2.71. The van der Waals surface area contributed by atoms with Gasteiger partial charge in [0.25, 0.3) is 0 Å². The molecule has 0 fully saturated rings. The molecule has 1 rings (SSSR count). The lowest BCUT2D eigenvalue weighted by molar-refractivity contribution is 0.318. The summed E-state index contributed by atoms with van der Waals surface area (Å²) in [7, 11) is -0.832. The highest BCUT2D eigenvalue weighted by molar-refractivity contribution is 7.84. The first-order valence-electron chi connectivity index (χ1n) is 5.91. The van der Waals surface area contributed by atoms with E-state index in [0.29, 0.717) is 30.2 Å². The van der Waals surface area contributed by atoms with E-state index in [1.807, 2.05) is 6.92 Å². The van der Waals surface area contributed by atoms with Crippen LogP contribution in [-0.4, -0.2) is 33.3 Å². The van der Waals surface area contributed by atoms with Crippen molar-refractivity contribution in [2.75, 3.05) is 18.1 Å². The summed E-state index contributed by atoms with van der Waals surface area (Å²) in [5, 5.41) is 14.4. The number of hydrogen-bond acceptors (Lipinski definition) is 4. The standard InChI is InChI=1S/C12H18FN3O2S/c1-2-19(18)7-6-15-8-9-4-3-5-10(11(9)13)12(14)16-17/h3-5,15,17H,2,6-8H2,1H3,(H2,14,16). The lowest BCUT2D eigenvalue weighted by Crippen LogP contribution is -2.22. The van der Waals surface area contributed by atoms with Crippen LogP contribution in [-0.2, 0) is 17.3 Å². The van der Waals surface area contributed by atoms with Crippen molar-refractivity contribution in [1.29, 1.82) is 0 Å². The summed E-state index contributed by atoms with van der Waals surface area (Å²) in [6.07, 6.45) is 0. The Kier molecular flexibility index (Phi) is 6.44. The third-order valence-electron chi connectivity index (χ3n) is 2.61. The normalized spacial score (nSPS) is 13.5. The third-order valence-corrected chi connectivity index (χ3v) is 3.91. The molecule has 0 aliphatic carbocycles. The summed E-state index contributed by atoms with van der Waals surface area (Å²) in [6, 6.07) is 4.70. The molecule has 0 bridgehead atoms. The Morgan fingerprint density at radius 2 is 2.32 bits per heavy atom. The molecule has 0 aromatic heterocycles. The van der Waals surface area contributed by atoms with Gasteiger partial charge in [0.2, 0.25) is 0 Å². The molecule has 1 unspecified atom stereocenters. The van der Waals surface area contributed by atoms with Crippen LogP contribution >= 0.6 is 0 Å². The van der Waals surface area contributed by atoms with Crippen molar-refractivity contribution in [1.82, 2.24) is 5.32 Å². The van der Waals surface area contributed by atoms with E-state index in [0.717, 1.165) is 0 Å². The highest BCUT2D eigenvalue weighted by Crippen LogP contribution is 2.12. The molecule has 5 nitrogen and oxygen atoms in total. The van der Waals surface area contributed by atoms with Gasteiger partial charge in [0.15, 0.2) is 5.84 Å². The van der Waals surface area contributed by atoms with Crippen molar-refractivity contribution < 1.29 is 13.8 Å². The van der Waals surface area contributed by atoms with Gasteiger partial charge in [-0.1, -0.05) is 24.2 Å². The van der Waals surface area contributed by atoms with Crippen molar-refractivity contribution in [3.63, 3.8) is 0 Å². The second kappa shape index (κ2) is 7.85. The second-order valence-electron chi connectivity index (χ2n) is 3.87. The van der Waals surface area contributed by atoms with Gasteiger partial charge in [0, 0.05) is 41.0 Å². The van der Waals surface area contributed by atoms with Gasteiger partial charge in [-0.05, 0) is 6.07 Å². The molecule has 0 saturated heterocycles. The minimum Gasteiger partial charge on any atom is -0.409 e. The van der Waals surface area contributed by atoms with E-state index < -0.39 is 16.6 Å². The molecule has 4 N–H and O–H groups in total. The molecular weight excluding hydrogens is 269 g/mol. The minimum absolute atomic E-state index is 0.0685. The van der Waals surface area contributed by atoms with Crippen LogP contribution in [0, 0.1) is 5.82 Å². The monoisotopic (exact) mass is 287 g/mol. The molecule has 7 heteroatoms. The molecule has 0 amide bonds. The van der Waals surface area contributed by atoms with Crippen LogP contribution in [0.2, 0.25) is 0 Å². The van der Waals surface area contributed by atoms with Crippen LogP contribution in [0.5, 0.6) is 0 Å². The van der Waals surface area contributed by atoms with Crippen molar-refractivity contribution in [2.45, 2.75) is 13.5 Å². The lowest BCUT2D eigenvalue weighted by atomic mass is 10.1. The molecule has 0 radical (unpaired) electrons. The average molecular weight is 287 g/mol. The Labute approximate surface area is 114 Å². The van der Waals surface area contributed by atoms with Gasteiger partial charge in [-0.15, -0.1) is 0 Å². The molecule has 0 aliphatic rings. The maximum Gasteiger partial charge on any atom is 0.173 e. The zero-order valence-electron chi connectivity index (χ0n) is 10.7. The van der Waals surface area contributed by atoms with E-state index in [9.17, 15) is 8.60 Å². The van der Waals surface area contributed by atoms with Gasteiger partial charge in [0.1, 0.15) is 5.82 Å². The fourth-order valence-corrected chi connectivity index (χ4v) is 2.18. The molecule has 1 aromatic carbocycles. The summed E-state index contributed by atoms with van der Waals surface area (Å²) < 4.78 is 25.2. The van der Waals surface area contributed by atoms with E-state index in [1.165, 1.54) is 6.07 Å².